The van der Waals surface area contributed by atoms with Gasteiger partial charge in [-0.3, -0.25) is 4.79 Å². The molecule has 0 atom stereocenters. The number of thiophene rings is 1. The van der Waals surface area contributed by atoms with Gasteiger partial charge in [0.1, 0.15) is 4.21 Å². The number of hydrogen-bond acceptors (Lipinski definition) is 4. The van der Waals surface area contributed by atoms with Crippen LogP contribution in [-0.4, -0.2) is 38.3 Å². The zero-order chi connectivity index (χ0) is 15.7. The normalized spacial score (nSPS) is 17.0. The Kier molecular flexibility index (Phi) is 4.03. The summed E-state index contributed by atoms with van der Waals surface area (Å²) in [4.78, 5) is 14.9. The van der Waals surface area contributed by atoms with E-state index in [0.717, 1.165) is 10.6 Å². The first-order valence-electron chi connectivity index (χ1n) is 6.90. The molecule has 1 amide bonds. The smallest absolute Gasteiger partial charge is 0.253 e. The van der Waals surface area contributed by atoms with Crippen molar-refractivity contribution < 1.29 is 13.2 Å². The second-order valence-corrected chi connectivity index (χ2v) is 8.54. The van der Waals surface area contributed by atoms with E-state index in [2.05, 4.69) is 0 Å². The number of piperazine rings is 1. The predicted octanol–water partition coefficient (Wildman–Crippen LogP) is 2.09. The second-order valence-electron chi connectivity index (χ2n) is 5.08. The van der Waals surface area contributed by atoms with Gasteiger partial charge >= 0.3 is 0 Å². The standard InChI is InChI=1S/C15H16N2O3S2/c1-12-7-8-15(21-12)22(19,20)16-9-10-17(14(18)11-16)13-5-3-2-4-6-13/h2-8H,9-11H2,1H3. The number of carbonyl (C=O) groups excluding carboxylic acids is 1. The third-order valence-electron chi connectivity index (χ3n) is 3.56. The molecule has 0 bridgehead atoms. The van der Waals surface area contributed by atoms with E-state index in [1.807, 2.05) is 37.3 Å². The number of sulfonamides is 1. The van der Waals surface area contributed by atoms with Crippen LogP contribution in [0.5, 0.6) is 0 Å². The number of carbonyl (C=O) groups is 1. The van der Waals surface area contributed by atoms with Crippen LogP contribution in [0.2, 0.25) is 0 Å². The highest BCUT2D eigenvalue weighted by molar-refractivity contribution is 7.91. The monoisotopic (exact) mass is 336 g/mol. The lowest BCUT2D eigenvalue weighted by Crippen LogP contribution is -2.52. The molecule has 0 saturated carbocycles. The Balaban J connectivity index is 1.79. The maximum absolute atomic E-state index is 12.6. The molecule has 3 rings (SSSR count). The number of rotatable bonds is 3. The van der Waals surface area contributed by atoms with Gasteiger partial charge in [0.2, 0.25) is 5.91 Å². The maximum atomic E-state index is 12.6. The number of nitrogens with zero attached hydrogens (tertiary/aromatic N) is 2. The molecule has 22 heavy (non-hydrogen) atoms. The molecule has 0 spiro atoms. The number of aryl methyl sites for hydroxylation is 1. The summed E-state index contributed by atoms with van der Waals surface area (Å²) in [6.07, 6.45) is 0. The summed E-state index contributed by atoms with van der Waals surface area (Å²) in [6.45, 7) is 2.42. The van der Waals surface area contributed by atoms with Crippen LogP contribution in [-0.2, 0) is 14.8 Å². The van der Waals surface area contributed by atoms with E-state index < -0.39 is 10.0 Å². The van der Waals surface area contributed by atoms with Crippen molar-refractivity contribution >= 4 is 33.0 Å². The lowest BCUT2D eigenvalue weighted by Gasteiger charge is -2.33. The highest BCUT2D eigenvalue weighted by atomic mass is 32.2. The van der Waals surface area contributed by atoms with Crippen LogP contribution in [0, 0.1) is 6.92 Å². The first-order valence-corrected chi connectivity index (χ1v) is 9.16. The van der Waals surface area contributed by atoms with Gasteiger partial charge in [0.25, 0.3) is 10.0 Å². The van der Waals surface area contributed by atoms with Gasteiger partial charge in [0.15, 0.2) is 0 Å². The molecule has 1 aromatic carbocycles. The molecule has 0 radical (unpaired) electrons. The molecular formula is C15H16N2O3S2. The van der Waals surface area contributed by atoms with Gasteiger partial charge in [-0.2, -0.15) is 4.31 Å². The molecule has 5 nitrogen and oxygen atoms in total. The molecular weight excluding hydrogens is 320 g/mol. The molecule has 1 aliphatic heterocycles. The van der Waals surface area contributed by atoms with E-state index >= 15 is 0 Å². The molecule has 0 aliphatic carbocycles. The lowest BCUT2D eigenvalue weighted by molar-refractivity contribution is -0.119. The number of amides is 1. The van der Waals surface area contributed by atoms with Crippen LogP contribution in [0.25, 0.3) is 0 Å². The van der Waals surface area contributed by atoms with Crippen LogP contribution in [0.3, 0.4) is 0 Å². The van der Waals surface area contributed by atoms with Gasteiger partial charge in [-0.1, -0.05) is 18.2 Å². The summed E-state index contributed by atoms with van der Waals surface area (Å²) >= 11 is 1.23. The van der Waals surface area contributed by atoms with Gasteiger partial charge in [-0.15, -0.1) is 11.3 Å². The Hall–Kier alpha value is -1.70. The van der Waals surface area contributed by atoms with Crippen molar-refractivity contribution in [3.63, 3.8) is 0 Å². The highest BCUT2D eigenvalue weighted by Gasteiger charge is 2.33. The molecule has 2 heterocycles. The highest BCUT2D eigenvalue weighted by Crippen LogP contribution is 2.26. The van der Waals surface area contributed by atoms with Crippen molar-refractivity contribution in [2.75, 3.05) is 24.5 Å². The van der Waals surface area contributed by atoms with E-state index in [9.17, 15) is 13.2 Å². The molecule has 7 heteroatoms. The summed E-state index contributed by atoms with van der Waals surface area (Å²) in [5, 5.41) is 0. The Labute approximate surface area is 133 Å². The average Bonchev–Trinajstić information content (AvgIpc) is 2.95. The Morgan fingerprint density at radius 1 is 1.05 bits per heavy atom. The first kappa shape index (κ1) is 15.2. The molecule has 1 aromatic heterocycles. The predicted molar refractivity (Wildman–Crippen MR) is 86.6 cm³/mol. The van der Waals surface area contributed by atoms with Crippen LogP contribution in [0.4, 0.5) is 5.69 Å². The van der Waals surface area contributed by atoms with E-state index in [-0.39, 0.29) is 12.5 Å². The fourth-order valence-corrected chi connectivity index (χ4v) is 5.23. The zero-order valence-electron chi connectivity index (χ0n) is 12.1. The third kappa shape index (κ3) is 2.79. The maximum Gasteiger partial charge on any atom is 0.253 e. The van der Waals surface area contributed by atoms with Crippen molar-refractivity contribution in [3.8, 4) is 0 Å². The summed E-state index contributed by atoms with van der Waals surface area (Å²) in [5.41, 5.74) is 0.802. The topological polar surface area (TPSA) is 57.7 Å². The number of hydrogen-bond donors (Lipinski definition) is 0. The molecule has 1 aliphatic rings. The summed E-state index contributed by atoms with van der Waals surface area (Å²) in [6, 6.07) is 12.7. The van der Waals surface area contributed by atoms with Crippen molar-refractivity contribution in [2.24, 2.45) is 0 Å². The number of benzene rings is 1. The minimum absolute atomic E-state index is 0.117. The van der Waals surface area contributed by atoms with Crippen molar-refractivity contribution in [1.29, 1.82) is 0 Å². The second kappa shape index (κ2) is 5.83. The molecule has 2 aromatic rings. The summed E-state index contributed by atoms with van der Waals surface area (Å²) in [7, 11) is -3.58. The Morgan fingerprint density at radius 2 is 1.77 bits per heavy atom. The number of para-hydroxylation sites is 1. The molecule has 0 N–H and O–H groups in total. The van der Waals surface area contributed by atoms with E-state index in [1.54, 1.807) is 17.0 Å². The van der Waals surface area contributed by atoms with Gasteiger partial charge in [0, 0.05) is 23.7 Å². The van der Waals surface area contributed by atoms with Crippen molar-refractivity contribution in [1.82, 2.24) is 4.31 Å². The van der Waals surface area contributed by atoms with Gasteiger partial charge in [-0.25, -0.2) is 8.42 Å². The Morgan fingerprint density at radius 3 is 2.36 bits per heavy atom. The third-order valence-corrected chi connectivity index (χ3v) is 6.88. The molecule has 0 unspecified atom stereocenters. The minimum atomic E-state index is -3.58. The summed E-state index contributed by atoms with van der Waals surface area (Å²) < 4.78 is 26.7. The van der Waals surface area contributed by atoms with Crippen molar-refractivity contribution in [3.05, 3.63) is 47.3 Å². The van der Waals surface area contributed by atoms with Crippen molar-refractivity contribution in [2.45, 2.75) is 11.1 Å². The van der Waals surface area contributed by atoms with E-state index in [4.69, 9.17) is 0 Å². The largest absolute Gasteiger partial charge is 0.310 e. The first-order chi connectivity index (χ1) is 10.5. The fourth-order valence-electron chi connectivity index (χ4n) is 2.42. The van der Waals surface area contributed by atoms with E-state index in [0.29, 0.717) is 17.3 Å². The average molecular weight is 336 g/mol. The molecule has 1 fully saturated rings. The van der Waals surface area contributed by atoms with Gasteiger partial charge in [0.05, 0.1) is 6.54 Å². The summed E-state index contributed by atoms with van der Waals surface area (Å²) in [5.74, 6) is -0.200. The van der Waals surface area contributed by atoms with Crippen LogP contribution in [0.15, 0.2) is 46.7 Å². The lowest BCUT2D eigenvalue weighted by atomic mass is 10.2. The molecule has 116 valence electrons. The van der Waals surface area contributed by atoms with Crippen LogP contribution >= 0.6 is 11.3 Å². The van der Waals surface area contributed by atoms with Crippen LogP contribution in [0.1, 0.15) is 4.88 Å². The quantitative estimate of drug-likeness (QED) is 0.862. The molecule has 1 saturated heterocycles. The van der Waals surface area contributed by atoms with E-state index in [1.165, 1.54) is 15.6 Å². The minimum Gasteiger partial charge on any atom is -0.310 e. The Bertz CT molecular complexity index is 784. The van der Waals surface area contributed by atoms with Gasteiger partial charge in [-0.05, 0) is 31.2 Å². The van der Waals surface area contributed by atoms with Crippen LogP contribution < -0.4 is 4.90 Å². The van der Waals surface area contributed by atoms with Gasteiger partial charge < -0.3 is 4.90 Å². The zero-order valence-corrected chi connectivity index (χ0v) is 13.7. The number of anilines is 1. The fraction of sp³-hybridized carbons (Fsp3) is 0.267. The SMILES string of the molecule is Cc1ccc(S(=O)(=O)N2CCN(c3ccccc3)C(=O)C2)s1.